The molecule has 0 radical (unpaired) electrons. The minimum absolute atomic E-state index is 0.165. The van der Waals surface area contributed by atoms with Crippen LogP contribution in [0.3, 0.4) is 0 Å². The van der Waals surface area contributed by atoms with Crippen molar-refractivity contribution in [2.45, 2.75) is 37.5 Å². The topological polar surface area (TPSA) is 20.3 Å². The molecule has 0 spiro atoms. The van der Waals surface area contributed by atoms with Gasteiger partial charge in [0.15, 0.2) is 0 Å². The van der Waals surface area contributed by atoms with Gasteiger partial charge in [-0.1, -0.05) is 18.6 Å². The van der Waals surface area contributed by atoms with Crippen molar-refractivity contribution in [1.82, 2.24) is 0 Å². The van der Waals surface area contributed by atoms with E-state index >= 15 is 0 Å². The summed E-state index contributed by atoms with van der Waals surface area (Å²) in [7, 11) is 1.86. The quantitative estimate of drug-likeness (QED) is 0.756. The minimum atomic E-state index is 0.165. The van der Waals surface area contributed by atoms with Crippen molar-refractivity contribution in [3.8, 4) is 0 Å². The van der Waals surface area contributed by atoms with E-state index in [-0.39, 0.29) is 11.3 Å². The maximum absolute atomic E-state index is 11.7. The molecule has 2 aliphatic carbocycles. The van der Waals surface area contributed by atoms with Crippen LogP contribution in [0.5, 0.6) is 0 Å². The molecule has 106 valence electrons. The summed E-state index contributed by atoms with van der Waals surface area (Å²) in [6.07, 6.45) is 5.62. The number of fused-ring (bicyclic) bond motifs is 2. The summed E-state index contributed by atoms with van der Waals surface area (Å²) in [6.45, 7) is 0. The van der Waals surface area contributed by atoms with Crippen molar-refractivity contribution in [2.24, 2.45) is 17.8 Å². The summed E-state index contributed by atoms with van der Waals surface area (Å²) >= 11 is 6.73. The first kappa shape index (κ1) is 12.7. The summed E-state index contributed by atoms with van der Waals surface area (Å²) in [5, 5.41) is 0.165. The maximum Gasteiger partial charge on any atom is 0.227 e. The van der Waals surface area contributed by atoms with Gasteiger partial charge in [0.25, 0.3) is 0 Å². The van der Waals surface area contributed by atoms with Gasteiger partial charge in [-0.25, -0.2) is 0 Å². The van der Waals surface area contributed by atoms with Crippen LogP contribution in [0.15, 0.2) is 18.2 Å². The van der Waals surface area contributed by atoms with Crippen LogP contribution in [-0.2, 0) is 11.2 Å². The molecule has 0 N–H and O–H groups in total. The summed E-state index contributed by atoms with van der Waals surface area (Å²) < 4.78 is 0. The normalized spacial score (nSPS) is 32.8. The van der Waals surface area contributed by atoms with E-state index < -0.39 is 0 Å². The van der Waals surface area contributed by atoms with E-state index in [4.69, 9.17) is 11.6 Å². The summed E-state index contributed by atoms with van der Waals surface area (Å²) in [4.78, 5) is 13.5. The fraction of sp³-hybridized carbons (Fsp3) is 0.588. The van der Waals surface area contributed by atoms with Gasteiger partial charge < -0.3 is 4.90 Å². The molecule has 1 amide bonds. The molecule has 20 heavy (non-hydrogen) atoms. The lowest BCUT2D eigenvalue weighted by Crippen LogP contribution is -2.31. The lowest BCUT2D eigenvalue weighted by atomic mass is 9.95. The number of carbonyl (C=O) groups is 1. The molecule has 0 bridgehead atoms. The number of carbonyl (C=O) groups excluding carboxylic acids is 1. The van der Waals surface area contributed by atoms with Crippen LogP contribution in [0.4, 0.5) is 5.69 Å². The second-order valence-corrected chi connectivity index (χ2v) is 7.05. The zero-order valence-corrected chi connectivity index (χ0v) is 12.6. The fourth-order valence-electron chi connectivity index (χ4n) is 4.38. The Morgan fingerprint density at radius 3 is 2.75 bits per heavy atom. The van der Waals surface area contributed by atoms with E-state index in [1.165, 1.54) is 30.4 Å². The Kier molecular flexibility index (Phi) is 2.85. The number of benzene rings is 1. The van der Waals surface area contributed by atoms with Crippen LogP contribution < -0.4 is 4.90 Å². The van der Waals surface area contributed by atoms with Gasteiger partial charge in [0.2, 0.25) is 5.91 Å². The number of halogens is 1. The molecule has 0 saturated heterocycles. The van der Waals surface area contributed by atoms with Gasteiger partial charge in [-0.15, -0.1) is 11.6 Å². The van der Waals surface area contributed by atoms with Crippen LogP contribution in [0.25, 0.3) is 0 Å². The third-order valence-electron chi connectivity index (χ3n) is 5.58. The molecule has 2 fully saturated rings. The first-order valence-corrected chi connectivity index (χ1v) is 8.14. The van der Waals surface area contributed by atoms with Crippen molar-refractivity contribution in [2.75, 3.05) is 11.9 Å². The molecular formula is C17H20ClNO. The molecule has 0 aromatic heterocycles. The lowest BCUT2D eigenvalue weighted by molar-refractivity contribution is -0.118. The number of nitrogens with zero attached hydrogens (tertiary/aromatic N) is 1. The van der Waals surface area contributed by atoms with Crippen molar-refractivity contribution in [3.63, 3.8) is 0 Å². The molecule has 3 aliphatic rings. The molecule has 1 aromatic rings. The van der Waals surface area contributed by atoms with E-state index in [1.54, 1.807) is 4.90 Å². The van der Waals surface area contributed by atoms with E-state index in [1.807, 2.05) is 7.05 Å². The minimum Gasteiger partial charge on any atom is -0.315 e. The van der Waals surface area contributed by atoms with Crippen molar-refractivity contribution < 1.29 is 4.79 Å². The van der Waals surface area contributed by atoms with Gasteiger partial charge >= 0.3 is 0 Å². The van der Waals surface area contributed by atoms with Crippen LogP contribution in [0, 0.1) is 17.8 Å². The van der Waals surface area contributed by atoms with Crippen molar-refractivity contribution in [3.05, 3.63) is 29.3 Å². The lowest BCUT2D eigenvalue weighted by Gasteiger charge is -2.26. The highest BCUT2D eigenvalue weighted by atomic mass is 35.5. The number of rotatable bonds is 2. The van der Waals surface area contributed by atoms with E-state index in [0.717, 1.165) is 23.9 Å². The second kappa shape index (κ2) is 4.49. The molecule has 1 aromatic carbocycles. The molecule has 4 rings (SSSR count). The van der Waals surface area contributed by atoms with E-state index in [2.05, 4.69) is 18.2 Å². The first-order chi connectivity index (χ1) is 9.66. The number of alkyl halides is 1. The van der Waals surface area contributed by atoms with Gasteiger partial charge in [0.1, 0.15) is 0 Å². The third kappa shape index (κ3) is 1.81. The van der Waals surface area contributed by atoms with E-state index in [0.29, 0.717) is 12.3 Å². The molecule has 2 nitrogen and oxygen atoms in total. The van der Waals surface area contributed by atoms with Gasteiger partial charge in [0.05, 0.1) is 5.38 Å². The highest BCUT2D eigenvalue weighted by molar-refractivity contribution is 6.21. The molecule has 3 unspecified atom stereocenters. The predicted molar refractivity (Wildman–Crippen MR) is 81.1 cm³/mol. The summed E-state index contributed by atoms with van der Waals surface area (Å²) in [6, 6.07) is 6.44. The summed E-state index contributed by atoms with van der Waals surface area (Å²) in [5.41, 5.74) is 3.60. The van der Waals surface area contributed by atoms with Gasteiger partial charge in [-0.2, -0.15) is 0 Å². The van der Waals surface area contributed by atoms with Crippen molar-refractivity contribution in [1.29, 1.82) is 0 Å². The number of aryl methyl sites for hydroxylation is 1. The SMILES string of the molecule is CN1C(=O)CCc2cc(C(Cl)C3C4CCCC43)ccc21. The van der Waals surface area contributed by atoms with Crippen LogP contribution >= 0.6 is 11.6 Å². The number of amides is 1. The van der Waals surface area contributed by atoms with Crippen molar-refractivity contribution >= 4 is 23.2 Å². The van der Waals surface area contributed by atoms with Crippen LogP contribution in [0.2, 0.25) is 0 Å². The second-order valence-electron chi connectivity index (χ2n) is 6.58. The van der Waals surface area contributed by atoms with Gasteiger partial charge in [-0.3, -0.25) is 4.79 Å². The summed E-state index contributed by atoms with van der Waals surface area (Å²) in [5.74, 6) is 2.69. The smallest absolute Gasteiger partial charge is 0.227 e. The Labute approximate surface area is 125 Å². The van der Waals surface area contributed by atoms with E-state index in [9.17, 15) is 4.79 Å². The zero-order valence-electron chi connectivity index (χ0n) is 11.8. The zero-order chi connectivity index (χ0) is 13.9. The third-order valence-corrected chi connectivity index (χ3v) is 6.12. The highest BCUT2D eigenvalue weighted by Crippen LogP contribution is 2.63. The standard InChI is InChI=1S/C17H20ClNO/c1-19-14-7-5-11(9-10(14)6-8-15(19)20)17(18)16-12-3-2-4-13(12)16/h5,7,9,12-13,16-17H,2-4,6,8H2,1H3. The Balaban J connectivity index is 1.59. The monoisotopic (exact) mass is 289 g/mol. The van der Waals surface area contributed by atoms with Crippen LogP contribution in [0.1, 0.15) is 42.2 Å². The molecule has 3 atom stereocenters. The molecule has 1 heterocycles. The number of hydrogen-bond donors (Lipinski definition) is 0. The Morgan fingerprint density at radius 1 is 1.25 bits per heavy atom. The molecular weight excluding hydrogens is 270 g/mol. The molecule has 1 aliphatic heterocycles. The Bertz CT molecular complexity index is 560. The first-order valence-electron chi connectivity index (χ1n) is 7.70. The van der Waals surface area contributed by atoms with Crippen LogP contribution in [-0.4, -0.2) is 13.0 Å². The average molecular weight is 290 g/mol. The largest absolute Gasteiger partial charge is 0.315 e. The number of hydrogen-bond acceptors (Lipinski definition) is 1. The maximum atomic E-state index is 11.7. The van der Waals surface area contributed by atoms with Gasteiger partial charge in [0, 0.05) is 19.2 Å². The average Bonchev–Trinajstić information content (AvgIpc) is 2.94. The van der Waals surface area contributed by atoms with Gasteiger partial charge in [-0.05, 0) is 54.2 Å². The highest BCUT2D eigenvalue weighted by Gasteiger charge is 2.55. The predicted octanol–water partition coefficient (Wildman–Crippen LogP) is 3.92. The Morgan fingerprint density at radius 2 is 2.00 bits per heavy atom. The molecule has 2 saturated carbocycles. The Hall–Kier alpha value is -1.02. The molecule has 3 heteroatoms. The number of anilines is 1. The fourth-order valence-corrected chi connectivity index (χ4v) is 4.89.